The van der Waals surface area contributed by atoms with Gasteiger partial charge in [-0.15, -0.1) is 0 Å². The number of ether oxygens (including phenoxy) is 2. The molecule has 7 heteroatoms. The van der Waals surface area contributed by atoms with Gasteiger partial charge in [0.1, 0.15) is 5.82 Å². The predicted octanol–water partition coefficient (Wildman–Crippen LogP) is 3.45. The van der Waals surface area contributed by atoms with E-state index < -0.39 is 6.10 Å². The van der Waals surface area contributed by atoms with Crippen LogP contribution in [0.5, 0.6) is 11.5 Å². The maximum absolute atomic E-state index is 13.0. The molecule has 0 saturated heterocycles. The third-order valence-corrected chi connectivity index (χ3v) is 4.34. The minimum atomic E-state index is -0.791. The van der Waals surface area contributed by atoms with E-state index in [-0.39, 0.29) is 12.4 Å². The second-order valence-corrected chi connectivity index (χ2v) is 6.61. The molecular formula is C23H32FN3O3. The Balaban J connectivity index is 1.93. The Kier molecular flexibility index (Phi) is 9.94. The lowest BCUT2D eigenvalue weighted by Crippen LogP contribution is -2.38. The number of rotatable bonds is 11. The Labute approximate surface area is 178 Å². The van der Waals surface area contributed by atoms with Gasteiger partial charge in [0.25, 0.3) is 0 Å². The van der Waals surface area contributed by atoms with Crippen LogP contribution in [-0.4, -0.2) is 43.9 Å². The summed E-state index contributed by atoms with van der Waals surface area (Å²) in [5, 5.41) is 16.7. The van der Waals surface area contributed by atoms with Crippen LogP contribution in [0.15, 0.2) is 47.5 Å². The SMILES string of the molecule is CCNC(=NCC(O)c1ccc(F)cc1)NCCc1ccc(OCC)c(OCC)c1. The number of aliphatic imine (C=N–C) groups is 1. The lowest BCUT2D eigenvalue weighted by atomic mass is 10.1. The molecule has 0 spiro atoms. The Morgan fingerprint density at radius 3 is 2.37 bits per heavy atom. The summed E-state index contributed by atoms with van der Waals surface area (Å²) in [7, 11) is 0. The molecule has 6 nitrogen and oxygen atoms in total. The van der Waals surface area contributed by atoms with Crippen LogP contribution in [0.2, 0.25) is 0 Å². The molecule has 3 N–H and O–H groups in total. The summed E-state index contributed by atoms with van der Waals surface area (Å²) in [6.45, 7) is 8.59. The number of benzene rings is 2. The second kappa shape index (κ2) is 12.7. The number of hydrogen-bond acceptors (Lipinski definition) is 4. The van der Waals surface area contributed by atoms with Crippen molar-refractivity contribution in [3.05, 3.63) is 59.4 Å². The first-order valence-electron chi connectivity index (χ1n) is 10.4. The minimum absolute atomic E-state index is 0.179. The van der Waals surface area contributed by atoms with Crippen LogP contribution in [0.25, 0.3) is 0 Å². The highest BCUT2D eigenvalue weighted by Crippen LogP contribution is 2.28. The van der Waals surface area contributed by atoms with Gasteiger partial charge in [-0.2, -0.15) is 0 Å². The number of nitrogens with zero attached hydrogens (tertiary/aromatic N) is 1. The first-order chi connectivity index (χ1) is 14.6. The van der Waals surface area contributed by atoms with Gasteiger partial charge >= 0.3 is 0 Å². The Hall–Kier alpha value is -2.80. The molecular weight excluding hydrogens is 385 g/mol. The van der Waals surface area contributed by atoms with E-state index in [2.05, 4.69) is 15.6 Å². The predicted molar refractivity (Wildman–Crippen MR) is 118 cm³/mol. The van der Waals surface area contributed by atoms with Crippen LogP contribution in [0.1, 0.15) is 38.0 Å². The molecule has 2 aromatic carbocycles. The normalized spacial score (nSPS) is 12.4. The van der Waals surface area contributed by atoms with Gasteiger partial charge in [-0.1, -0.05) is 18.2 Å². The molecule has 0 radical (unpaired) electrons. The third kappa shape index (κ3) is 7.55. The second-order valence-electron chi connectivity index (χ2n) is 6.61. The molecule has 1 atom stereocenters. The number of aliphatic hydroxyl groups is 1. The zero-order valence-corrected chi connectivity index (χ0v) is 18.0. The van der Waals surface area contributed by atoms with E-state index in [1.165, 1.54) is 12.1 Å². The highest BCUT2D eigenvalue weighted by Gasteiger charge is 2.09. The fourth-order valence-electron chi connectivity index (χ4n) is 2.89. The van der Waals surface area contributed by atoms with Crippen molar-refractivity contribution < 1.29 is 19.0 Å². The Bertz CT molecular complexity index is 797. The van der Waals surface area contributed by atoms with Crippen LogP contribution >= 0.6 is 0 Å². The van der Waals surface area contributed by atoms with Crippen LogP contribution in [0.4, 0.5) is 4.39 Å². The van der Waals surface area contributed by atoms with Crippen molar-refractivity contribution in [1.82, 2.24) is 10.6 Å². The van der Waals surface area contributed by atoms with E-state index in [4.69, 9.17) is 9.47 Å². The van der Waals surface area contributed by atoms with Crippen LogP contribution in [0.3, 0.4) is 0 Å². The number of guanidine groups is 1. The van der Waals surface area contributed by atoms with Crippen molar-refractivity contribution in [3.8, 4) is 11.5 Å². The van der Waals surface area contributed by atoms with E-state index in [1.54, 1.807) is 12.1 Å². The van der Waals surface area contributed by atoms with Gasteiger partial charge in [0.2, 0.25) is 0 Å². The lowest BCUT2D eigenvalue weighted by molar-refractivity contribution is 0.187. The quantitative estimate of drug-likeness (QED) is 0.386. The van der Waals surface area contributed by atoms with Gasteiger partial charge in [-0.3, -0.25) is 4.99 Å². The summed E-state index contributed by atoms with van der Waals surface area (Å²) < 4.78 is 24.3. The molecule has 0 bridgehead atoms. The van der Waals surface area contributed by atoms with Gasteiger partial charge in [0, 0.05) is 13.1 Å². The Morgan fingerprint density at radius 1 is 1.00 bits per heavy atom. The number of hydrogen-bond donors (Lipinski definition) is 3. The monoisotopic (exact) mass is 417 g/mol. The fraction of sp³-hybridized carbons (Fsp3) is 0.435. The zero-order valence-electron chi connectivity index (χ0n) is 18.0. The standard InChI is InChI=1S/C23H32FN3O3/c1-4-25-23(27-16-20(28)18-8-10-19(24)11-9-18)26-14-13-17-7-12-21(29-5-2)22(15-17)30-6-3/h7-12,15,20,28H,4-6,13-14,16H2,1-3H3,(H2,25,26,27). The van der Waals surface area contributed by atoms with E-state index in [0.717, 1.165) is 23.5 Å². The molecule has 0 aliphatic heterocycles. The summed E-state index contributed by atoms with van der Waals surface area (Å²) in [5.74, 6) is 1.79. The highest BCUT2D eigenvalue weighted by molar-refractivity contribution is 5.79. The minimum Gasteiger partial charge on any atom is -0.490 e. The van der Waals surface area contributed by atoms with E-state index in [0.29, 0.717) is 37.8 Å². The van der Waals surface area contributed by atoms with E-state index in [9.17, 15) is 9.50 Å². The van der Waals surface area contributed by atoms with Gasteiger partial charge in [0.15, 0.2) is 17.5 Å². The number of halogens is 1. The average molecular weight is 418 g/mol. The Morgan fingerprint density at radius 2 is 1.70 bits per heavy atom. The summed E-state index contributed by atoms with van der Waals surface area (Å²) in [4.78, 5) is 4.43. The zero-order chi connectivity index (χ0) is 21.8. The van der Waals surface area contributed by atoms with E-state index in [1.807, 2.05) is 39.0 Å². The topological polar surface area (TPSA) is 75.1 Å². The first kappa shape index (κ1) is 23.5. The summed E-state index contributed by atoms with van der Waals surface area (Å²) in [6, 6.07) is 11.8. The molecule has 0 saturated carbocycles. The molecule has 0 fully saturated rings. The van der Waals surface area contributed by atoms with Crippen molar-refractivity contribution in [3.63, 3.8) is 0 Å². The maximum atomic E-state index is 13.0. The smallest absolute Gasteiger partial charge is 0.191 e. The van der Waals surface area contributed by atoms with Crippen molar-refractivity contribution in [2.24, 2.45) is 4.99 Å². The number of nitrogens with one attached hydrogen (secondary N) is 2. The molecule has 0 aliphatic carbocycles. The summed E-state index contributed by atoms with van der Waals surface area (Å²) in [6.07, 6.45) is -0.0156. The van der Waals surface area contributed by atoms with Crippen LogP contribution in [-0.2, 0) is 6.42 Å². The fourth-order valence-corrected chi connectivity index (χ4v) is 2.89. The van der Waals surface area contributed by atoms with Crippen molar-refractivity contribution >= 4 is 5.96 Å². The molecule has 30 heavy (non-hydrogen) atoms. The van der Waals surface area contributed by atoms with Crippen LogP contribution in [0, 0.1) is 5.82 Å². The van der Waals surface area contributed by atoms with Crippen molar-refractivity contribution in [2.45, 2.75) is 33.3 Å². The molecule has 2 aromatic rings. The highest BCUT2D eigenvalue weighted by atomic mass is 19.1. The molecule has 164 valence electrons. The number of aliphatic hydroxyl groups excluding tert-OH is 1. The first-order valence-corrected chi connectivity index (χ1v) is 10.4. The maximum Gasteiger partial charge on any atom is 0.191 e. The van der Waals surface area contributed by atoms with Gasteiger partial charge in [-0.25, -0.2) is 4.39 Å². The summed E-state index contributed by atoms with van der Waals surface area (Å²) >= 11 is 0. The van der Waals surface area contributed by atoms with Crippen molar-refractivity contribution in [1.29, 1.82) is 0 Å². The van der Waals surface area contributed by atoms with Gasteiger partial charge in [0.05, 0.1) is 25.9 Å². The van der Waals surface area contributed by atoms with Gasteiger partial charge in [-0.05, 0) is 62.6 Å². The van der Waals surface area contributed by atoms with E-state index >= 15 is 0 Å². The third-order valence-electron chi connectivity index (χ3n) is 4.34. The van der Waals surface area contributed by atoms with Crippen molar-refractivity contribution in [2.75, 3.05) is 32.8 Å². The lowest BCUT2D eigenvalue weighted by Gasteiger charge is -2.15. The van der Waals surface area contributed by atoms with Crippen LogP contribution < -0.4 is 20.1 Å². The summed E-state index contributed by atoms with van der Waals surface area (Å²) in [5.41, 5.74) is 1.76. The molecule has 0 amide bonds. The molecule has 0 heterocycles. The molecule has 0 aromatic heterocycles. The molecule has 0 aliphatic rings. The molecule has 1 unspecified atom stereocenters. The average Bonchev–Trinajstić information content (AvgIpc) is 2.74. The van der Waals surface area contributed by atoms with Gasteiger partial charge < -0.3 is 25.2 Å². The largest absolute Gasteiger partial charge is 0.490 e. The molecule has 2 rings (SSSR count).